The third-order valence-electron chi connectivity index (χ3n) is 4.16. The molecule has 3 rings (SSSR count). The van der Waals surface area contributed by atoms with Crippen LogP contribution in [0.5, 0.6) is 0 Å². The summed E-state index contributed by atoms with van der Waals surface area (Å²) >= 11 is 0. The van der Waals surface area contributed by atoms with Crippen molar-refractivity contribution in [3.8, 4) is 0 Å². The molecule has 1 aromatic heterocycles. The minimum absolute atomic E-state index is 0.0283. The van der Waals surface area contributed by atoms with Crippen molar-refractivity contribution in [1.29, 1.82) is 0 Å². The molecule has 1 saturated heterocycles. The Morgan fingerprint density at radius 3 is 2.86 bits per heavy atom. The first-order valence-electron chi connectivity index (χ1n) is 7.71. The molecule has 2 aromatic rings. The van der Waals surface area contributed by atoms with Crippen LogP contribution in [0.15, 0.2) is 36.5 Å². The van der Waals surface area contributed by atoms with E-state index in [1.54, 1.807) is 16.8 Å². The normalized spacial score (nSPS) is 19.0. The number of amides is 1. The molecule has 1 aromatic carbocycles. The highest BCUT2D eigenvalue weighted by Crippen LogP contribution is 2.30. The fourth-order valence-electron chi connectivity index (χ4n) is 3.06. The van der Waals surface area contributed by atoms with Gasteiger partial charge in [0.15, 0.2) is 0 Å². The van der Waals surface area contributed by atoms with Gasteiger partial charge in [0, 0.05) is 25.4 Å². The van der Waals surface area contributed by atoms with E-state index in [0.29, 0.717) is 12.1 Å². The van der Waals surface area contributed by atoms with E-state index in [-0.39, 0.29) is 17.8 Å². The summed E-state index contributed by atoms with van der Waals surface area (Å²) in [6, 6.07) is 7.85. The van der Waals surface area contributed by atoms with Crippen molar-refractivity contribution in [3.63, 3.8) is 0 Å². The van der Waals surface area contributed by atoms with Crippen molar-refractivity contribution in [3.05, 3.63) is 53.6 Å². The fourth-order valence-corrected chi connectivity index (χ4v) is 3.06. The first-order chi connectivity index (χ1) is 10.6. The van der Waals surface area contributed by atoms with E-state index in [0.717, 1.165) is 31.4 Å². The Labute approximate surface area is 129 Å². The van der Waals surface area contributed by atoms with Gasteiger partial charge < -0.3 is 4.90 Å². The lowest BCUT2D eigenvalue weighted by molar-refractivity contribution is 0.0676. The van der Waals surface area contributed by atoms with Gasteiger partial charge in [-0.2, -0.15) is 5.10 Å². The van der Waals surface area contributed by atoms with Gasteiger partial charge in [-0.15, -0.1) is 0 Å². The van der Waals surface area contributed by atoms with E-state index in [9.17, 15) is 9.18 Å². The standard InChI is InChI=1S/C17H20FN3O/c1-20-11-9-15(19-20)16-8-3-2-4-10-21(16)17(22)13-6-5-7-14(18)12-13/h5-7,9,11-12,16H,2-4,8,10H2,1H3/t16-/m1/s1. The molecule has 0 bridgehead atoms. The zero-order valence-corrected chi connectivity index (χ0v) is 12.7. The molecule has 1 amide bonds. The average Bonchev–Trinajstić information content (AvgIpc) is 2.80. The largest absolute Gasteiger partial charge is 0.330 e. The summed E-state index contributed by atoms with van der Waals surface area (Å²) in [7, 11) is 1.87. The van der Waals surface area contributed by atoms with E-state index in [1.165, 1.54) is 12.1 Å². The van der Waals surface area contributed by atoms with Crippen LogP contribution >= 0.6 is 0 Å². The molecule has 0 N–H and O–H groups in total. The zero-order chi connectivity index (χ0) is 15.5. The number of likely N-dealkylation sites (tertiary alicyclic amines) is 1. The number of nitrogens with zero attached hydrogens (tertiary/aromatic N) is 3. The minimum Gasteiger partial charge on any atom is -0.330 e. The van der Waals surface area contributed by atoms with E-state index >= 15 is 0 Å². The van der Waals surface area contributed by atoms with Crippen LogP contribution in [-0.4, -0.2) is 27.1 Å². The Hall–Kier alpha value is -2.17. The SMILES string of the molecule is Cn1ccc([C@H]2CCCCCN2C(=O)c2cccc(F)c2)n1. The van der Waals surface area contributed by atoms with E-state index in [1.807, 2.05) is 24.2 Å². The number of aromatic nitrogens is 2. The van der Waals surface area contributed by atoms with Gasteiger partial charge >= 0.3 is 0 Å². The summed E-state index contributed by atoms with van der Waals surface area (Å²) in [6.45, 7) is 0.691. The van der Waals surface area contributed by atoms with Gasteiger partial charge in [-0.1, -0.05) is 18.9 Å². The van der Waals surface area contributed by atoms with Gasteiger partial charge in [0.05, 0.1) is 11.7 Å². The van der Waals surface area contributed by atoms with Gasteiger partial charge in [-0.3, -0.25) is 9.48 Å². The highest BCUT2D eigenvalue weighted by molar-refractivity contribution is 5.94. The maximum atomic E-state index is 13.4. The molecule has 2 heterocycles. The van der Waals surface area contributed by atoms with Crippen LogP contribution in [0.4, 0.5) is 4.39 Å². The lowest BCUT2D eigenvalue weighted by atomic mass is 10.1. The number of hydrogen-bond donors (Lipinski definition) is 0. The molecule has 1 aliphatic rings. The fraction of sp³-hybridized carbons (Fsp3) is 0.412. The van der Waals surface area contributed by atoms with Gasteiger partial charge in [0.25, 0.3) is 5.91 Å². The monoisotopic (exact) mass is 301 g/mol. The smallest absolute Gasteiger partial charge is 0.254 e. The Balaban J connectivity index is 1.91. The lowest BCUT2D eigenvalue weighted by Gasteiger charge is -2.29. The Bertz CT molecular complexity index is 667. The Kier molecular flexibility index (Phi) is 4.22. The molecule has 0 aliphatic carbocycles. The third-order valence-corrected chi connectivity index (χ3v) is 4.16. The highest BCUT2D eigenvalue weighted by atomic mass is 19.1. The van der Waals surface area contributed by atoms with Crippen LogP contribution < -0.4 is 0 Å². The number of halogens is 1. The summed E-state index contributed by atoms with van der Waals surface area (Å²) in [5.74, 6) is -0.493. The number of carbonyl (C=O) groups is 1. The summed E-state index contributed by atoms with van der Waals surface area (Å²) < 4.78 is 15.2. The summed E-state index contributed by atoms with van der Waals surface area (Å²) in [5, 5.41) is 4.47. The second kappa shape index (κ2) is 6.30. The van der Waals surface area contributed by atoms with E-state index < -0.39 is 0 Å². The predicted molar refractivity (Wildman–Crippen MR) is 81.9 cm³/mol. The molecule has 0 saturated carbocycles. The highest BCUT2D eigenvalue weighted by Gasteiger charge is 2.29. The van der Waals surface area contributed by atoms with E-state index in [2.05, 4.69) is 5.10 Å². The molecule has 0 unspecified atom stereocenters. The number of aryl methyl sites for hydroxylation is 1. The third kappa shape index (κ3) is 3.03. The van der Waals surface area contributed by atoms with Gasteiger partial charge in [-0.25, -0.2) is 4.39 Å². The first-order valence-corrected chi connectivity index (χ1v) is 7.71. The van der Waals surface area contributed by atoms with E-state index in [4.69, 9.17) is 0 Å². The average molecular weight is 301 g/mol. The topological polar surface area (TPSA) is 38.1 Å². The Morgan fingerprint density at radius 1 is 1.27 bits per heavy atom. The van der Waals surface area contributed by atoms with Crippen molar-refractivity contribution in [1.82, 2.24) is 14.7 Å². The molecular formula is C17H20FN3O. The lowest BCUT2D eigenvalue weighted by Crippen LogP contribution is -2.35. The van der Waals surface area contributed by atoms with Crippen LogP contribution in [0.1, 0.15) is 47.8 Å². The molecule has 1 fully saturated rings. The second-order valence-corrected chi connectivity index (χ2v) is 5.79. The van der Waals surface area contributed by atoms with Crippen molar-refractivity contribution >= 4 is 5.91 Å². The van der Waals surface area contributed by atoms with Gasteiger partial charge in [0.2, 0.25) is 0 Å². The molecular weight excluding hydrogens is 281 g/mol. The molecule has 5 heteroatoms. The predicted octanol–water partition coefficient (Wildman–Crippen LogP) is 3.32. The molecule has 4 nitrogen and oxygen atoms in total. The maximum Gasteiger partial charge on any atom is 0.254 e. The molecule has 22 heavy (non-hydrogen) atoms. The minimum atomic E-state index is -0.380. The van der Waals surface area contributed by atoms with Crippen LogP contribution in [0.3, 0.4) is 0 Å². The molecule has 0 radical (unpaired) electrons. The van der Waals surface area contributed by atoms with Crippen molar-refractivity contribution in [2.75, 3.05) is 6.54 Å². The first kappa shape index (κ1) is 14.8. The molecule has 0 spiro atoms. The van der Waals surface area contributed by atoms with Crippen LogP contribution in [0.2, 0.25) is 0 Å². The summed E-state index contributed by atoms with van der Waals surface area (Å²) in [4.78, 5) is 14.7. The second-order valence-electron chi connectivity index (χ2n) is 5.79. The number of benzene rings is 1. The van der Waals surface area contributed by atoms with Crippen molar-refractivity contribution in [2.45, 2.75) is 31.7 Å². The van der Waals surface area contributed by atoms with Crippen LogP contribution in [0, 0.1) is 5.82 Å². The Morgan fingerprint density at radius 2 is 2.14 bits per heavy atom. The van der Waals surface area contributed by atoms with Crippen molar-refractivity contribution in [2.24, 2.45) is 7.05 Å². The number of carbonyl (C=O) groups excluding carboxylic acids is 1. The maximum absolute atomic E-state index is 13.4. The molecule has 116 valence electrons. The van der Waals surface area contributed by atoms with Crippen LogP contribution in [-0.2, 0) is 7.05 Å². The summed E-state index contributed by atoms with van der Waals surface area (Å²) in [6.07, 6.45) is 5.96. The van der Waals surface area contributed by atoms with Gasteiger partial charge in [0.1, 0.15) is 5.82 Å². The molecule has 1 aliphatic heterocycles. The zero-order valence-electron chi connectivity index (χ0n) is 12.7. The van der Waals surface area contributed by atoms with Crippen molar-refractivity contribution < 1.29 is 9.18 Å². The quantitative estimate of drug-likeness (QED) is 0.853. The molecule has 1 atom stereocenters. The number of rotatable bonds is 2. The summed E-state index contributed by atoms with van der Waals surface area (Å²) in [5.41, 5.74) is 1.32. The van der Waals surface area contributed by atoms with Crippen LogP contribution in [0.25, 0.3) is 0 Å². The number of hydrogen-bond acceptors (Lipinski definition) is 2. The van der Waals surface area contributed by atoms with Gasteiger partial charge in [-0.05, 0) is 37.1 Å².